The molecule has 2 N–H and O–H groups in total. The van der Waals surface area contributed by atoms with E-state index in [2.05, 4.69) is 5.32 Å². The Bertz CT molecular complexity index is 406. The minimum Gasteiger partial charge on any atom is -0.493 e. The number of amides is 1. The Morgan fingerprint density at radius 1 is 1.16 bits per heavy atom. The van der Waals surface area contributed by atoms with Gasteiger partial charge in [-0.3, -0.25) is 4.79 Å². The van der Waals surface area contributed by atoms with E-state index in [-0.39, 0.29) is 12.5 Å². The second kappa shape index (κ2) is 8.37. The van der Waals surface area contributed by atoms with Crippen molar-refractivity contribution in [2.75, 3.05) is 27.4 Å². The van der Waals surface area contributed by atoms with Gasteiger partial charge in [0.05, 0.1) is 14.2 Å². The summed E-state index contributed by atoms with van der Waals surface area (Å²) in [5, 5.41) is 11.5. The number of ether oxygens (including phenoxy) is 2. The molecule has 5 heteroatoms. The number of aliphatic hydroxyl groups is 1. The highest BCUT2D eigenvalue weighted by atomic mass is 16.5. The number of benzene rings is 1. The molecule has 1 aromatic carbocycles. The van der Waals surface area contributed by atoms with E-state index in [4.69, 9.17) is 14.6 Å². The second-order valence-electron chi connectivity index (χ2n) is 4.11. The van der Waals surface area contributed by atoms with Crippen LogP contribution in [-0.2, 0) is 0 Å². The molecule has 0 aromatic heterocycles. The SMILES string of the molecule is COc1ccc(C(=O)NCCCCCO)cc1OC. The molecule has 0 saturated heterocycles. The first-order valence-corrected chi connectivity index (χ1v) is 6.34. The van der Waals surface area contributed by atoms with Crippen molar-refractivity contribution < 1.29 is 19.4 Å². The molecule has 0 aliphatic heterocycles. The van der Waals surface area contributed by atoms with Crippen LogP contribution in [0.2, 0.25) is 0 Å². The normalized spacial score (nSPS) is 10.1. The Hall–Kier alpha value is -1.75. The highest BCUT2D eigenvalue weighted by molar-refractivity contribution is 5.94. The van der Waals surface area contributed by atoms with Gasteiger partial charge in [-0.25, -0.2) is 0 Å². The van der Waals surface area contributed by atoms with Gasteiger partial charge in [0, 0.05) is 18.7 Å². The third-order valence-electron chi connectivity index (χ3n) is 2.77. The summed E-state index contributed by atoms with van der Waals surface area (Å²) in [5.41, 5.74) is 0.541. The highest BCUT2D eigenvalue weighted by Gasteiger charge is 2.09. The van der Waals surface area contributed by atoms with Crippen LogP contribution in [0.3, 0.4) is 0 Å². The fourth-order valence-corrected chi connectivity index (χ4v) is 1.70. The van der Waals surface area contributed by atoms with E-state index < -0.39 is 0 Å². The van der Waals surface area contributed by atoms with E-state index in [9.17, 15) is 4.79 Å². The molecule has 0 bridgehead atoms. The zero-order valence-corrected chi connectivity index (χ0v) is 11.4. The molecular formula is C14H21NO4. The summed E-state index contributed by atoms with van der Waals surface area (Å²) in [7, 11) is 3.09. The Morgan fingerprint density at radius 3 is 2.53 bits per heavy atom. The lowest BCUT2D eigenvalue weighted by Gasteiger charge is -2.10. The zero-order valence-electron chi connectivity index (χ0n) is 11.4. The summed E-state index contributed by atoms with van der Waals surface area (Å²) in [5.74, 6) is 1.00. The number of rotatable bonds is 8. The maximum absolute atomic E-state index is 11.9. The number of methoxy groups -OCH3 is 2. The molecule has 0 radical (unpaired) electrons. The molecule has 1 rings (SSSR count). The number of aliphatic hydroxyl groups excluding tert-OH is 1. The van der Waals surface area contributed by atoms with E-state index in [1.807, 2.05) is 0 Å². The van der Waals surface area contributed by atoms with Gasteiger partial charge in [-0.1, -0.05) is 0 Å². The van der Waals surface area contributed by atoms with E-state index in [0.29, 0.717) is 23.6 Å². The first-order chi connectivity index (χ1) is 9.22. The Morgan fingerprint density at radius 2 is 1.89 bits per heavy atom. The Labute approximate surface area is 113 Å². The van der Waals surface area contributed by atoms with Gasteiger partial charge < -0.3 is 19.9 Å². The predicted molar refractivity (Wildman–Crippen MR) is 72.8 cm³/mol. The molecule has 1 aromatic rings. The molecule has 0 aliphatic carbocycles. The molecule has 0 spiro atoms. The Kier molecular flexibility index (Phi) is 6.74. The van der Waals surface area contributed by atoms with Crippen LogP contribution in [0.1, 0.15) is 29.6 Å². The van der Waals surface area contributed by atoms with Crippen LogP contribution in [0.5, 0.6) is 11.5 Å². The van der Waals surface area contributed by atoms with E-state index in [0.717, 1.165) is 19.3 Å². The van der Waals surface area contributed by atoms with Crippen molar-refractivity contribution in [1.82, 2.24) is 5.32 Å². The molecule has 0 aliphatic rings. The van der Waals surface area contributed by atoms with Crippen molar-refractivity contribution in [3.63, 3.8) is 0 Å². The van der Waals surface area contributed by atoms with Crippen LogP contribution >= 0.6 is 0 Å². The molecular weight excluding hydrogens is 246 g/mol. The summed E-state index contributed by atoms with van der Waals surface area (Å²) in [6.45, 7) is 0.802. The van der Waals surface area contributed by atoms with Gasteiger partial charge in [0.25, 0.3) is 5.91 Å². The maximum atomic E-state index is 11.9. The summed E-state index contributed by atoms with van der Waals surface area (Å²) in [4.78, 5) is 11.9. The number of hydrogen-bond acceptors (Lipinski definition) is 4. The van der Waals surface area contributed by atoms with Crippen LogP contribution < -0.4 is 14.8 Å². The highest BCUT2D eigenvalue weighted by Crippen LogP contribution is 2.27. The first kappa shape index (κ1) is 15.3. The molecule has 0 heterocycles. The Balaban J connectivity index is 2.52. The van der Waals surface area contributed by atoms with Gasteiger partial charge in [0.1, 0.15) is 0 Å². The average molecular weight is 267 g/mol. The van der Waals surface area contributed by atoms with Crippen LogP contribution in [-0.4, -0.2) is 38.4 Å². The van der Waals surface area contributed by atoms with Gasteiger partial charge in [0.15, 0.2) is 11.5 Å². The molecule has 0 unspecified atom stereocenters. The smallest absolute Gasteiger partial charge is 0.251 e. The minimum atomic E-state index is -0.134. The van der Waals surface area contributed by atoms with Gasteiger partial charge in [-0.05, 0) is 37.5 Å². The van der Waals surface area contributed by atoms with Crippen molar-refractivity contribution >= 4 is 5.91 Å². The van der Waals surface area contributed by atoms with Gasteiger partial charge in [-0.15, -0.1) is 0 Å². The van der Waals surface area contributed by atoms with E-state index >= 15 is 0 Å². The van der Waals surface area contributed by atoms with Crippen LogP contribution in [0, 0.1) is 0 Å². The minimum absolute atomic E-state index is 0.134. The lowest BCUT2D eigenvalue weighted by Crippen LogP contribution is -2.24. The van der Waals surface area contributed by atoms with E-state index in [1.165, 1.54) is 7.11 Å². The number of carbonyl (C=O) groups is 1. The van der Waals surface area contributed by atoms with Gasteiger partial charge >= 0.3 is 0 Å². The topological polar surface area (TPSA) is 67.8 Å². The zero-order chi connectivity index (χ0) is 14.1. The molecule has 19 heavy (non-hydrogen) atoms. The molecule has 0 saturated carbocycles. The third kappa shape index (κ3) is 4.79. The molecule has 0 atom stereocenters. The van der Waals surface area contributed by atoms with E-state index in [1.54, 1.807) is 25.3 Å². The summed E-state index contributed by atoms with van der Waals surface area (Å²) < 4.78 is 10.3. The summed E-state index contributed by atoms with van der Waals surface area (Å²) >= 11 is 0. The number of nitrogens with one attached hydrogen (secondary N) is 1. The van der Waals surface area contributed by atoms with Crippen molar-refractivity contribution in [3.8, 4) is 11.5 Å². The van der Waals surface area contributed by atoms with Crippen LogP contribution in [0.4, 0.5) is 0 Å². The fourth-order valence-electron chi connectivity index (χ4n) is 1.70. The number of hydrogen-bond donors (Lipinski definition) is 2. The standard InChI is InChI=1S/C14H21NO4/c1-18-12-7-6-11(10-13(12)19-2)14(17)15-8-4-3-5-9-16/h6-7,10,16H,3-5,8-9H2,1-2H3,(H,15,17). The maximum Gasteiger partial charge on any atom is 0.251 e. The number of unbranched alkanes of at least 4 members (excludes halogenated alkanes) is 2. The fraction of sp³-hybridized carbons (Fsp3) is 0.500. The van der Waals surface area contributed by atoms with Crippen LogP contribution in [0.15, 0.2) is 18.2 Å². The first-order valence-electron chi connectivity index (χ1n) is 6.34. The van der Waals surface area contributed by atoms with Crippen molar-refractivity contribution in [1.29, 1.82) is 0 Å². The van der Waals surface area contributed by atoms with Gasteiger partial charge in [0.2, 0.25) is 0 Å². The molecule has 5 nitrogen and oxygen atoms in total. The summed E-state index contributed by atoms with van der Waals surface area (Å²) in [6, 6.07) is 5.06. The second-order valence-corrected chi connectivity index (χ2v) is 4.11. The monoisotopic (exact) mass is 267 g/mol. The largest absolute Gasteiger partial charge is 0.493 e. The van der Waals surface area contributed by atoms with Crippen LogP contribution in [0.25, 0.3) is 0 Å². The van der Waals surface area contributed by atoms with Crippen molar-refractivity contribution in [2.45, 2.75) is 19.3 Å². The average Bonchev–Trinajstić information content (AvgIpc) is 2.46. The molecule has 106 valence electrons. The summed E-state index contributed by atoms with van der Waals surface area (Å²) in [6.07, 6.45) is 2.54. The molecule has 0 fully saturated rings. The predicted octanol–water partition coefficient (Wildman–Crippen LogP) is 1.60. The third-order valence-corrected chi connectivity index (χ3v) is 2.77. The molecule has 1 amide bonds. The van der Waals surface area contributed by atoms with Crippen molar-refractivity contribution in [2.24, 2.45) is 0 Å². The quantitative estimate of drug-likeness (QED) is 0.702. The number of carbonyl (C=O) groups excluding carboxylic acids is 1. The van der Waals surface area contributed by atoms with Gasteiger partial charge in [-0.2, -0.15) is 0 Å². The lowest BCUT2D eigenvalue weighted by atomic mass is 10.2. The lowest BCUT2D eigenvalue weighted by molar-refractivity contribution is 0.0952. The van der Waals surface area contributed by atoms with Crippen molar-refractivity contribution in [3.05, 3.63) is 23.8 Å².